The summed E-state index contributed by atoms with van der Waals surface area (Å²) in [6.07, 6.45) is 0. The first kappa shape index (κ1) is 13.7. The molecule has 0 aliphatic rings. The lowest BCUT2D eigenvalue weighted by atomic mass is 10.2. The Morgan fingerprint density at radius 2 is 1.50 bits per heavy atom. The van der Waals surface area contributed by atoms with Crippen LogP contribution in [-0.2, 0) is 0 Å². The standard InChI is InChI=1S/C8H10I.BF4/c1-6-3-4-8(9)7(2)5-6;2-1(3,4)5/h3-5,9H,1-2H3;/q+1;-1. The Kier molecular flexibility index (Phi) is 5.47. The second kappa shape index (κ2) is 5.58. The van der Waals surface area contributed by atoms with Crippen LogP contribution in [0, 0.1) is 17.4 Å². The highest BCUT2D eigenvalue weighted by Gasteiger charge is 2.20. The highest BCUT2D eigenvalue weighted by molar-refractivity contribution is 6.50. The predicted octanol–water partition coefficient (Wildman–Crippen LogP) is 0.0586. The molecule has 0 heterocycles. The fourth-order valence-electron chi connectivity index (χ4n) is 0.799. The fraction of sp³-hybridized carbons (Fsp3) is 0.250. The molecule has 0 fully saturated rings. The molecule has 0 spiro atoms. The van der Waals surface area contributed by atoms with Crippen LogP contribution in [0.25, 0.3) is 0 Å². The monoisotopic (exact) mass is 320 g/mol. The first-order chi connectivity index (χ1) is 6.20. The Hall–Kier alpha value is -0.265. The molecule has 0 aliphatic heterocycles. The van der Waals surface area contributed by atoms with Crippen molar-refractivity contribution in [1.82, 2.24) is 0 Å². The van der Waals surface area contributed by atoms with Crippen LogP contribution < -0.4 is 22.6 Å². The molecule has 6 heteroatoms. The second-order valence-corrected chi connectivity index (χ2v) is 4.02. The normalized spacial score (nSPS) is 10.5. The number of hydrogen-bond acceptors (Lipinski definition) is 0. The summed E-state index contributed by atoms with van der Waals surface area (Å²) in [5, 5.41) is 0. The van der Waals surface area contributed by atoms with Gasteiger partial charge in [0.15, 0.2) is 3.57 Å². The van der Waals surface area contributed by atoms with E-state index in [1.165, 1.54) is 14.7 Å². The molecule has 0 saturated carbocycles. The topological polar surface area (TPSA) is 0 Å². The van der Waals surface area contributed by atoms with Gasteiger partial charge in [-0.1, -0.05) is 17.7 Å². The third-order valence-corrected chi connectivity index (χ3v) is 2.64. The van der Waals surface area contributed by atoms with E-state index in [0.29, 0.717) is 0 Å². The van der Waals surface area contributed by atoms with Gasteiger partial charge in [-0.2, -0.15) is 0 Å². The summed E-state index contributed by atoms with van der Waals surface area (Å²) in [4.78, 5) is 0. The average molecular weight is 320 g/mol. The zero-order chi connectivity index (χ0) is 11.4. The summed E-state index contributed by atoms with van der Waals surface area (Å²) in [7, 11) is -6.00. The van der Waals surface area contributed by atoms with Crippen molar-refractivity contribution in [3.05, 3.63) is 32.9 Å². The smallest absolute Gasteiger partial charge is 0.418 e. The molecule has 0 saturated heterocycles. The van der Waals surface area contributed by atoms with Crippen LogP contribution in [0.4, 0.5) is 17.3 Å². The largest absolute Gasteiger partial charge is 0.673 e. The minimum Gasteiger partial charge on any atom is -0.418 e. The van der Waals surface area contributed by atoms with E-state index in [1.807, 2.05) is 0 Å². The fourth-order valence-corrected chi connectivity index (χ4v) is 1.16. The number of halogens is 5. The van der Waals surface area contributed by atoms with Crippen molar-refractivity contribution < 1.29 is 39.9 Å². The van der Waals surface area contributed by atoms with E-state index in [0.717, 1.165) is 0 Å². The molecule has 0 nitrogen and oxygen atoms in total. The summed E-state index contributed by atoms with van der Waals surface area (Å²) >= 11 is 2.06. The van der Waals surface area contributed by atoms with Gasteiger partial charge in [-0.3, -0.25) is 0 Å². The van der Waals surface area contributed by atoms with E-state index in [1.54, 1.807) is 0 Å². The molecule has 0 bridgehead atoms. The van der Waals surface area contributed by atoms with Crippen molar-refractivity contribution in [2.75, 3.05) is 0 Å². The second-order valence-electron chi connectivity index (χ2n) is 2.76. The van der Waals surface area contributed by atoms with Crippen molar-refractivity contribution >= 4 is 7.25 Å². The highest BCUT2D eigenvalue weighted by Crippen LogP contribution is 2.06. The Bertz CT molecular complexity index is 292. The van der Waals surface area contributed by atoms with E-state index in [4.69, 9.17) is 0 Å². The van der Waals surface area contributed by atoms with Gasteiger partial charge in [0.05, 0.1) is 0 Å². The van der Waals surface area contributed by atoms with Crippen LogP contribution in [-0.4, -0.2) is 7.25 Å². The van der Waals surface area contributed by atoms with E-state index in [2.05, 4.69) is 54.6 Å². The van der Waals surface area contributed by atoms with Crippen LogP contribution in [0.5, 0.6) is 0 Å². The van der Waals surface area contributed by atoms with Crippen LogP contribution in [0.2, 0.25) is 0 Å². The van der Waals surface area contributed by atoms with Gasteiger partial charge in [0.25, 0.3) is 22.6 Å². The lowest BCUT2D eigenvalue weighted by Gasteiger charge is -1.94. The zero-order valence-corrected chi connectivity index (χ0v) is 10.1. The number of rotatable bonds is 0. The van der Waals surface area contributed by atoms with Crippen LogP contribution in [0.1, 0.15) is 11.1 Å². The molecule has 0 atom stereocenters. The lowest BCUT2D eigenvalue weighted by Crippen LogP contribution is -3.34. The highest BCUT2D eigenvalue weighted by atomic mass is 127. The molecule has 1 aromatic rings. The van der Waals surface area contributed by atoms with Gasteiger partial charge in [0, 0.05) is 5.56 Å². The van der Waals surface area contributed by atoms with Gasteiger partial charge in [-0.05, 0) is 19.9 Å². The summed E-state index contributed by atoms with van der Waals surface area (Å²) in [5.74, 6) is 0. The lowest BCUT2D eigenvalue weighted by molar-refractivity contribution is -0.329. The van der Waals surface area contributed by atoms with Crippen LogP contribution in [0.15, 0.2) is 18.2 Å². The Morgan fingerprint density at radius 1 is 1.07 bits per heavy atom. The van der Waals surface area contributed by atoms with E-state index in [-0.39, 0.29) is 0 Å². The third-order valence-electron chi connectivity index (χ3n) is 1.33. The number of aryl methyl sites for hydroxylation is 2. The quantitative estimate of drug-likeness (QED) is 0.360. The minimum absolute atomic E-state index is 1.35. The molecule has 1 aromatic carbocycles. The molecule has 0 aliphatic carbocycles. The molecule has 0 aromatic heterocycles. The van der Waals surface area contributed by atoms with Crippen LogP contribution >= 0.6 is 0 Å². The Balaban J connectivity index is 0.000000292. The first-order valence-corrected chi connectivity index (χ1v) is 4.98. The van der Waals surface area contributed by atoms with Crippen molar-refractivity contribution in [2.45, 2.75) is 13.8 Å². The molecule has 0 unspecified atom stereocenters. The maximum atomic E-state index is 9.75. The molecule has 0 amide bonds. The molecular formula is C8H10BF4I. The van der Waals surface area contributed by atoms with Crippen LogP contribution in [0.3, 0.4) is 0 Å². The van der Waals surface area contributed by atoms with Gasteiger partial charge in [0.2, 0.25) is 0 Å². The molecule has 1 rings (SSSR count). The van der Waals surface area contributed by atoms with Crippen molar-refractivity contribution in [3.63, 3.8) is 0 Å². The summed E-state index contributed by atoms with van der Waals surface area (Å²) in [6, 6.07) is 6.51. The summed E-state index contributed by atoms with van der Waals surface area (Å²) < 4.78 is 40.4. The van der Waals surface area contributed by atoms with Gasteiger partial charge in [0.1, 0.15) is 0 Å². The van der Waals surface area contributed by atoms with Gasteiger partial charge >= 0.3 is 7.25 Å². The van der Waals surface area contributed by atoms with Crippen molar-refractivity contribution in [1.29, 1.82) is 0 Å². The number of benzene rings is 1. The average Bonchev–Trinajstić information content (AvgIpc) is 1.94. The zero-order valence-electron chi connectivity index (χ0n) is 7.73. The summed E-state index contributed by atoms with van der Waals surface area (Å²) in [5.41, 5.74) is 2.74. The van der Waals surface area contributed by atoms with Gasteiger partial charge in [-0.25, -0.2) is 0 Å². The molecule has 0 radical (unpaired) electrons. The van der Waals surface area contributed by atoms with E-state index >= 15 is 0 Å². The van der Waals surface area contributed by atoms with Crippen molar-refractivity contribution in [3.8, 4) is 0 Å². The molecular weight excluding hydrogens is 310 g/mol. The third kappa shape index (κ3) is 8.34. The van der Waals surface area contributed by atoms with Crippen molar-refractivity contribution in [2.24, 2.45) is 0 Å². The Morgan fingerprint density at radius 3 is 1.79 bits per heavy atom. The van der Waals surface area contributed by atoms with Gasteiger partial charge in [-0.15, -0.1) is 0 Å². The SMILES string of the molecule is Cc1ccc([IH+])c(C)c1.F[B-](F)(F)F. The predicted molar refractivity (Wildman–Crippen MR) is 46.2 cm³/mol. The first-order valence-electron chi connectivity index (χ1n) is 3.82. The minimum atomic E-state index is -6.00. The maximum Gasteiger partial charge on any atom is 0.673 e. The van der Waals surface area contributed by atoms with E-state index in [9.17, 15) is 17.3 Å². The molecule has 14 heavy (non-hydrogen) atoms. The maximum absolute atomic E-state index is 9.75. The number of hydrogen-bond donors (Lipinski definition) is 0. The molecule has 80 valence electrons. The Labute approximate surface area is 93.9 Å². The van der Waals surface area contributed by atoms with E-state index < -0.39 is 7.25 Å². The summed E-state index contributed by atoms with van der Waals surface area (Å²) in [6.45, 7) is 4.26. The van der Waals surface area contributed by atoms with Gasteiger partial charge < -0.3 is 17.3 Å². The molecule has 0 N–H and O–H groups in total.